The second kappa shape index (κ2) is 2.76. The molecule has 0 aliphatic carbocycles. The number of hydrogen-bond acceptors (Lipinski definition) is 4. The van der Waals surface area contributed by atoms with Crippen LogP contribution in [0.4, 0.5) is 0 Å². The van der Waals surface area contributed by atoms with E-state index < -0.39 is 15.6 Å². The topological polar surface area (TPSA) is 86.7 Å². The van der Waals surface area contributed by atoms with Crippen molar-refractivity contribution in [3.8, 4) is 0 Å². The third-order valence-electron chi connectivity index (χ3n) is 1.41. The van der Waals surface area contributed by atoms with E-state index in [4.69, 9.17) is 4.55 Å². The van der Waals surface area contributed by atoms with Crippen LogP contribution in [-0.2, 0) is 14.9 Å². The van der Waals surface area contributed by atoms with E-state index in [0.717, 1.165) is 4.90 Å². The average Bonchev–Trinajstić information content (AvgIpc) is 2.31. The largest absolute Gasteiger partial charge is 0.313 e. The van der Waals surface area contributed by atoms with Crippen molar-refractivity contribution in [1.82, 2.24) is 10.2 Å². The number of nitrogens with one attached hydrogen (secondary N) is 1. The molecule has 0 spiro atoms. The van der Waals surface area contributed by atoms with Gasteiger partial charge in [-0.1, -0.05) is 0 Å². The molecule has 1 aliphatic rings. The molecule has 2 N–H and O–H groups in total. The number of carbonyl (C=O) groups excluding carboxylic acids is 1. The summed E-state index contributed by atoms with van der Waals surface area (Å²) in [6.45, 7) is 0.678. The predicted molar refractivity (Wildman–Crippen MR) is 36.1 cm³/mol. The molecule has 0 saturated carbocycles. The number of rotatable bonds is 2. The Morgan fingerprint density at radius 3 is 2.64 bits per heavy atom. The van der Waals surface area contributed by atoms with Crippen LogP contribution in [-0.4, -0.2) is 42.9 Å². The summed E-state index contributed by atoms with van der Waals surface area (Å²) in [5.41, 5.74) is -1.26. The molecule has 1 unspecified atom stereocenters. The maximum atomic E-state index is 10.5. The van der Waals surface area contributed by atoms with Crippen molar-refractivity contribution in [2.75, 3.05) is 13.1 Å². The van der Waals surface area contributed by atoms with Crippen LogP contribution in [0.25, 0.3) is 0 Å². The first-order valence-corrected chi connectivity index (χ1v) is 4.47. The third kappa shape index (κ3) is 1.67. The van der Waals surface area contributed by atoms with Crippen molar-refractivity contribution < 1.29 is 17.8 Å². The van der Waals surface area contributed by atoms with Crippen molar-refractivity contribution >= 4 is 16.5 Å². The van der Waals surface area contributed by atoms with E-state index in [0.29, 0.717) is 19.5 Å². The fourth-order valence-corrected chi connectivity index (χ4v) is 1.76. The second-order valence-electron chi connectivity index (χ2n) is 2.16. The minimum Gasteiger partial charge on any atom is -0.313 e. The van der Waals surface area contributed by atoms with Crippen LogP contribution in [0.3, 0.4) is 0 Å². The minimum absolute atomic E-state index is 0.300. The summed E-state index contributed by atoms with van der Waals surface area (Å²) in [5, 5.41) is 2.45. The summed E-state index contributed by atoms with van der Waals surface area (Å²) in [7, 11) is -4.18. The Kier molecular flexibility index (Phi) is 2.12. The van der Waals surface area contributed by atoms with Crippen LogP contribution in [0.2, 0.25) is 0 Å². The summed E-state index contributed by atoms with van der Waals surface area (Å²) < 4.78 is 29.5. The molecule has 6 nitrogen and oxygen atoms in total. The quantitative estimate of drug-likeness (QED) is 0.387. The average molecular weight is 180 g/mol. The molecular formula is C4H8N2O4S. The van der Waals surface area contributed by atoms with E-state index in [2.05, 4.69) is 5.32 Å². The number of nitrogens with zero attached hydrogens (tertiary/aromatic N) is 1. The monoisotopic (exact) mass is 180 g/mol. The summed E-state index contributed by atoms with van der Waals surface area (Å²) >= 11 is 0. The normalized spacial score (nSPS) is 25.5. The van der Waals surface area contributed by atoms with Crippen LogP contribution >= 0.6 is 0 Å². The fourth-order valence-electron chi connectivity index (χ4n) is 0.936. The Morgan fingerprint density at radius 1 is 1.64 bits per heavy atom. The van der Waals surface area contributed by atoms with Gasteiger partial charge >= 0.3 is 10.1 Å². The van der Waals surface area contributed by atoms with Gasteiger partial charge in [0.1, 0.15) is 0 Å². The van der Waals surface area contributed by atoms with Gasteiger partial charge in [0.2, 0.25) is 11.9 Å². The Labute approximate surface area is 63.9 Å². The Morgan fingerprint density at radius 2 is 2.27 bits per heavy atom. The zero-order valence-electron chi connectivity index (χ0n) is 5.60. The van der Waals surface area contributed by atoms with E-state index in [9.17, 15) is 13.2 Å². The SMILES string of the molecule is O=CN1CCNC1S(=O)(=O)O. The number of carbonyl (C=O) groups is 1. The highest BCUT2D eigenvalue weighted by Gasteiger charge is 2.32. The van der Waals surface area contributed by atoms with Gasteiger partial charge in [0, 0.05) is 13.1 Å². The lowest BCUT2D eigenvalue weighted by Gasteiger charge is -2.15. The molecule has 0 aromatic carbocycles. The first kappa shape index (κ1) is 8.44. The zero-order valence-corrected chi connectivity index (χ0v) is 6.41. The lowest BCUT2D eigenvalue weighted by Crippen LogP contribution is -2.41. The van der Waals surface area contributed by atoms with Gasteiger partial charge in [0.05, 0.1) is 0 Å². The molecule has 0 aromatic rings. The molecule has 1 amide bonds. The molecule has 7 heteroatoms. The molecule has 1 fully saturated rings. The van der Waals surface area contributed by atoms with Gasteiger partial charge in [0.25, 0.3) is 0 Å². The Bertz CT molecular complexity index is 249. The van der Waals surface area contributed by atoms with Crippen LogP contribution < -0.4 is 5.32 Å². The van der Waals surface area contributed by atoms with E-state index in [1.54, 1.807) is 0 Å². The van der Waals surface area contributed by atoms with Gasteiger partial charge in [-0.2, -0.15) is 8.42 Å². The summed E-state index contributed by atoms with van der Waals surface area (Å²) in [5.74, 6) is 0. The lowest BCUT2D eigenvalue weighted by atomic mass is 10.7. The van der Waals surface area contributed by atoms with E-state index in [1.165, 1.54) is 0 Å². The first-order valence-electron chi connectivity index (χ1n) is 2.96. The van der Waals surface area contributed by atoms with Crippen molar-refractivity contribution in [3.63, 3.8) is 0 Å². The van der Waals surface area contributed by atoms with Crippen molar-refractivity contribution in [3.05, 3.63) is 0 Å². The minimum atomic E-state index is -4.18. The van der Waals surface area contributed by atoms with Gasteiger partial charge < -0.3 is 4.90 Å². The van der Waals surface area contributed by atoms with Gasteiger partial charge in [-0.05, 0) is 0 Å². The van der Waals surface area contributed by atoms with Gasteiger partial charge in [0.15, 0.2) is 0 Å². The second-order valence-corrected chi connectivity index (χ2v) is 3.64. The Hall–Kier alpha value is -0.660. The molecule has 64 valence electrons. The Balaban J connectivity index is 2.80. The molecule has 1 atom stereocenters. The zero-order chi connectivity index (χ0) is 8.48. The highest BCUT2D eigenvalue weighted by Crippen LogP contribution is 2.05. The van der Waals surface area contributed by atoms with Gasteiger partial charge in [-0.3, -0.25) is 14.7 Å². The summed E-state index contributed by atoms with van der Waals surface area (Å²) in [6, 6.07) is 0. The van der Waals surface area contributed by atoms with E-state index in [1.807, 2.05) is 0 Å². The van der Waals surface area contributed by atoms with Crippen LogP contribution in [0.5, 0.6) is 0 Å². The molecule has 1 rings (SSSR count). The molecule has 11 heavy (non-hydrogen) atoms. The van der Waals surface area contributed by atoms with Crippen LogP contribution in [0.15, 0.2) is 0 Å². The van der Waals surface area contributed by atoms with Gasteiger partial charge in [-0.25, -0.2) is 0 Å². The molecule has 0 aromatic heterocycles. The summed E-state index contributed by atoms with van der Waals surface area (Å²) in [4.78, 5) is 11.2. The van der Waals surface area contributed by atoms with Crippen LogP contribution in [0.1, 0.15) is 0 Å². The summed E-state index contributed by atoms with van der Waals surface area (Å²) in [6.07, 6.45) is 0.387. The third-order valence-corrected chi connectivity index (χ3v) is 2.41. The van der Waals surface area contributed by atoms with E-state index in [-0.39, 0.29) is 0 Å². The number of hydrogen-bond donors (Lipinski definition) is 2. The standard InChI is InChI=1S/C4H8N2O4S/c7-3-6-2-1-5-4(6)11(8,9)10/h3-5H,1-2H2,(H,8,9,10). The van der Waals surface area contributed by atoms with Crippen molar-refractivity contribution in [1.29, 1.82) is 0 Å². The van der Waals surface area contributed by atoms with Crippen LogP contribution in [0, 0.1) is 0 Å². The van der Waals surface area contributed by atoms with Crippen molar-refractivity contribution in [2.24, 2.45) is 0 Å². The molecule has 1 saturated heterocycles. The molecule has 0 radical (unpaired) electrons. The fraction of sp³-hybridized carbons (Fsp3) is 0.750. The highest BCUT2D eigenvalue weighted by atomic mass is 32.2. The van der Waals surface area contributed by atoms with E-state index >= 15 is 0 Å². The molecule has 0 bridgehead atoms. The van der Waals surface area contributed by atoms with Crippen molar-refractivity contribution in [2.45, 2.75) is 5.50 Å². The molecule has 1 heterocycles. The highest BCUT2D eigenvalue weighted by molar-refractivity contribution is 7.86. The maximum absolute atomic E-state index is 10.5. The van der Waals surface area contributed by atoms with Gasteiger partial charge in [-0.15, -0.1) is 0 Å². The number of amides is 1. The molecule has 1 aliphatic heterocycles. The molecular weight excluding hydrogens is 172 g/mol. The maximum Gasteiger partial charge on any atom is 0.300 e. The smallest absolute Gasteiger partial charge is 0.300 e. The lowest BCUT2D eigenvalue weighted by molar-refractivity contribution is -0.117. The first-order chi connectivity index (χ1) is 5.05. The predicted octanol–water partition coefficient (Wildman–Crippen LogP) is -1.78.